The molecule has 6 nitrogen and oxygen atoms in total. The summed E-state index contributed by atoms with van der Waals surface area (Å²) in [5, 5.41) is 4.11. The van der Waals surface area contributed by atoms with E-state index >= 15 is 0 Å². The summed E-state index contributed by atoms with van der Waals surface area (Å²) < 4.78 is 7.57. The fourth-order valence-corrected chi connectivity index (χ4v) is 2.89. The van der Waals surface area contributed by atoms with Crippen LogP contribution in [0.3, 0.4) is 0 Å². The third-order valence-electron chi connectivity index (χ3n) is 4.44. The lowest BCUT2D eigenvalue weighted by Gasteiger charge is -2.30. The van der Waals surface area contributed by atoms with Crippen LogP contribution in [0.15, 0.2) is 10.9 Å². The van der Waals surface area contributed by atoms with Crippen LogP contribution in [0.2, 0.25) is 0 Å². The minimum Gasteiger partial charge on any atom is -0.338 e. The average Bonchev–Trinajstić information content (AvgIpc) is 3.09. The number of imidazole rings is 1. The van der Waals surface area contributed by atoms with Gasteiger partial charge in [-0.2, -0.15) is 4.98 Å². The summed E-state index contributed by atoms with van der Waals surface area (Å²) in [5.74, 6) is 2.18. The van der Waals surface area contributed by atoms with E-state index < -0.39 is 0 Å². The highest BCUT2D eigenvalue weighted by Crippen LogP contribution is 2.38. The van der Waals surface area contributed by atoms with Gasteiger partial charge in [0, 0.05) is 38.2 Å². The predicted octanol–water partition coefficient (Wildman–Crippen LogP) is 1.80. The van der Waals surface area contributed by atoms with Gasteiger partial charge in [0.15, 0.2) is 5.82 Å². The summed E-state index contributed by atoms with van der Waals surface area (Å²) in [6, 6.07) is 0.158. The molecule has 0 saturated heterocycles. The Kier molecular flexibility index (Phi) is 2.66. The number of aryl methyl sites for hydroxylation is 1. The zero-order valence-electron chi connectivity index (χ0n) is 11.9. The molecule has 2 aromatic heterocycles. The van der Waals surface area contributed by atoms with Gasteiger partial charge in [-0.1, -0.05) is 5.16 Å². The Labute approximate surface area is 117 Å². The smallest absolute Gasteiger partial charge is 0.243 e. The van der Waals surface area contributed by atoms with E-state index in [1.807, 2.05) is 6.33 Å². The van der Waals surface area contributed by atoms with Crippen LogP contribution < -0.4 is 0 Å². The van der Waals surface area contributed by atoms with Gasteiger partial charge in [-0.15, -0.1) is 0 Å². The van der Waals surface area contributed by atoms with Crippen LogP contribution in [0.5, 0.6) is 0 Å². The van der Waals surface area contributed by atoms with Crippen LogP contribution in [0.25, 0.3) is 0 Å². The van der Waals surface area contributed by atoms with E-state index in [4.69, 9.17) is 4.52 Å². The molecule has 20 heavy (non-hydrogen) atoms. The number of hydrogen-bond donors (Lipinski definition) is 0. The van der Waals surface area contributed by atoms with Crippen molar-refractivity contribution in [3.63, 3.8) is 0 Å². The Morgan fingerprint density at radius 3 is 3.05 bits per heavy atom. The number of rotatable bonds is 3. The highest BCUT2D eigenvalue weighted by Gasteiger charge is 2.32. The van der Waals surface area contributed by atoms with Crippen LogP contribution in [0.4, 0.5) is 0 Å². The second kappa shape index (κ2) is 4.41. The first-order valence-electron chi connectivity index (χ1n) is 7.29. The van der Waals surface area contributed by atoms with E-state index in [1.54, 1.807) is 0 Å². The van der Waals surface area contributed by atoms with Gasteiger partial charge in [0.2, 0.25) is 5.89 Å². The van der Waals surface area contributed by atoms with E-state index in [0.717, 1.165) is 31.2 Å². The summed E-state index contributed by atoms with van der Waals surface area (Å²) in [4.78, 5) is 11.4. The zero-order valence-corrected chi connectivity index (χ0v) is 11.9. The van der Waals surface area contributed by atoms with Crippen molar-refractivity contribution in [2.24, 2.45) is 7.05 Å². The topological polar surface area (TPSA) is 60.0 Å². The lowest BCUT2D eigenvalue weighted by Crippen LogP contribution is -2.33. The molecule has 1 fully saturated rings. The third-order valence-corrected chi connectivity index (χ3v) is 4.44. The Bertz CT molecular complexity index is 627. The first kappa shape index (κ1) is 12.1. The lowest BCUT2D eigenvalue weighted by molar-refractivity contribution is 0.155. The molecule has 0 amide bonds. The summed E-state index contributed by atoms with van der Waals surface area (Å²) in [6.07, 6.45) is 5.33. The average molecular weight is 273 g/mol. The monoisotopic (exact) mass is 273 g/mol. The van der Waals surface area contributed by atoms with Crippen molar-refractivity contribution in [2.45, 2.75) is 44.7 Å². The quantitative estimate of drug-likeness (QED) is 0.853. The van der Waals surface area contributed by atoms with Gasteiger partial charge in [-0.3, -0.25) is 4.90 Å². The van der Waals surface area contributed by atoms with Gasteiger partial charge in [-0.25, -0.2) is 4.98 Å². The van der Waals surface area contributed by atoms with Gasteiger partial charge in [0.1, 0.15) is 0 Å². The molecule has 0 bridgehead atoms. The summed E-state index contributed by atoms with van der Waals surface area (Å²) in [6.45, 7) is 4.01. The molecule has 106 valence electrons. The van der Waals surface area contributed by atoms with Crippen molar-refractivity contribution in [3.8, 4) is 0 Å². The van der Waals surface area contributed by atoms with Crippen molar-refractivity contribution in [2.75, 3.05) is 6.54 Å². The van der Waals surface area contributed by atoms with E-state index in [1.165, 1.54) is 24.2 Å². The Morgan fingerprint density at radius 2 is 2.25 bits per heavy atom. The van der Waals surface area contributed by atoms with E-state index in [2.05, 4.69) is 38.6 Å². The van der Waals surface area contributed by atoms with Gasteiger partial charge in [0.25, 0.3) is 0 Å². The van der Waals surface area contributed by atoms with Gasteiger partial charge in [0.05, 0.1) is 18.1 Å². The Balaban J connectivity index is 1.52. The largest absolute Gasteiger partial charge is 0.338 e. The second-order valence-corrected chi connectivity index (χ2v) is 5.91. The SMILES string of the molecule is CC(c1nc(C2CC2)no1)N1CCc2c(ncn2C)C1. The van der Waals surface area contributed by atoms with E-state index in [9.17, 15) is 0 Å². The number of fused-ring (bicyclic) bond motifs is 1. The fourth-order valence-electron chi connectivity index (χ4n) is 2.89. The molecular formula is C14H19N5O. The molecule has 0 spiro atoms. The molecular weight excluding hydrogens is 254 g/mol. The molecule has 4 rings (SSSR count). The van der Waals surface area contributed by atoms with E-state index in [-0.39, 0.29) is 6.04 Å². The molecule has 2 aromatic rings. The minimum atomic E-state index is 0.158. The summed E-state index contributed by atoms with van der Waals surface area (Å²) >= 11 is 0. The highest BCUT2D eigenvalue weighted by atomic mass is 16.5. The van der Waals surface area contributed by atoms with Crippen molar-refractivity contribution < 1.29 is 4.52 Å². The molecule has 0 N–H and O–H groups in total. The summed E-state index contributed by atoms with van der Waals surface area (Å²) in [5.41, 5.74) is 2.52. The maximum Gasteiger partial charge on any atom is 0.243 e. The van der Waals surface area contributed by atoms with Crippen molar-refractivity contribution in [1.82, 2.24) is 24.6 Å². The van der Waals surface area contributed by atoms with Crippen LogP contribution >= 0.6 is 0 Å². The molecule has 1 atom stereocenters. The molecule has 2 aliphatic rings. The molecule has 1 saturated carbocycles. The van der Waals surface area contributed by atoms with E-state index in [0.29, 0.717) is 5.92 Å². The molecule has 0 radical (unpaired) electrons. The number of nitrogens with zero attached hydrogens (tertiary/aromatic N) is 5. The van der Waals surface area contributed by atoms with Gasteiger partial charge in [-0.05, 0) is 19.8 Å². The lowest BCUT2D eigenvalue weighted by atomic mass is 10.1. The first-order valence-corrected chi connectivity index (χ1v) is 7.29. The predicted molar refractivity (Wildman–Crippen MR) is 72.0 cm³/mol. The van der Waals surface area contributed by atoms with Crippen LogP contribution in [0, 0.1) is 0 Å². The zero-order chi connectivity index (χ0) is 13.7. The van der Waals surface area contributed by atoms with Gasteiger partial charge >= 0.3 is 0 Å². The molecule has 3 heterocycles. The summed E-state index contributed by atoms with van der Waals surface area (Å²) in [7, 11) is 2.06. The van der Waals surface area contributed by atoms with Crippen molar-refractivity contribution in [1.29, 1.82) is 0 Å². The molecule has 0 aromatic carbocycles. The highest BCUT2D eigenvalue weighted by molar-refractivity contribution is 5.17. The van der Waals surface area contributed by atoms with Crippen LogP contribution in [-0.4, -0.2) is 31.1 Å². The maximum atomic E-state index is 5.45. The van der Waals surface area contributed by atoms with Crippen molar-refractivity contribution in [3.05, 3.63) is 29.4 Å². The van der Waals surface area contributed by atoms with Crippen LogP contribution in [0.1, 0.15) is 54.8 Å². The molecule has 1 aliphatic carbocycles. The van der Waals surface area contributed by atoms with Crippen molar-refractivity contribution >= 4 is 0 Å². The minimum absolute atomic E-state index is 0.158. The number of hydrogen-bond acceptors (Lipinski definition) is 5. The molecule has 1 unspecified atom stereocenters. The van der Waals surface area contributed by atoms with Gasteiger partial charge < -0.3 is 9.09 Å². The maximum absolute atomic E-state index is 5.45. The van der Waals surface area contributed by atoms with Crippen LogP contribution in [-0.2, 0) is 20.0 Å². The first-order chi connectivity index (χ1) is 9.72. The second-order valence-electron chi connectivity index (χ2n) is 5.91. The fraction of sp³-hybridized carbons (Fsp3) is 0.643. The standard InChI is InChI=1S/C14H19N5O/c1-9(14-16-13(17-20-14)10-3-4-10)19-6-5-12-11(7-19)15-8-18(12)2/h8-10H,3-7H2,1-2H3. The normalized spacial score (nSPS) is 20.9. The Hall–Kier alpha value is -1.69. The third kappa shape index (κ3) is 1.95. The molecule has 6 heteroatoms. The molecule has 1 aliphatic heterocycles. The number of aromatic nitrogens is 4. The Morgan fingerprint density at radius 1 is 1.40 bits per heavy atom.